The molecule has 0 aliphatic heterocycles. The van der Waals surface area contributed by atoms with E-state index in [2.05, 4.69) is 34.1 Å². The average molecular weight is 329 g/mol. The highest BCUT2D eigenvalue weighted by Crippen LogP contribution is 2.35. The number of ketones is 1. The van der Waals surface area contributed by atoms with Crippen LogP contribution in [0.2, 0.25) is 0 Å². The summed E-state index contributed by atoms with van der Waals surface area (Å²) in [7, 11) is 0. The zero-order valence-electron chi connectivity index (χ0n) is 11.5. The van der Waals surface area contributed by atoms with Crippen LogP contribution >= 0.6 is 15.9 Å². The van der Waals surface area contributed by atoms with Crippen molar-refractivity contribution in [3.63, 3.8) is 0 Å². The molecule has 2 heteroatoms. The van der Waals surface area contributed by atoms with Crippen LogP contribution in [0.5, 0.6) is 0 Å². The van der Waals surface area contributed by atoms with Gasteiger partial charge in [-0.15, -0.1) is 0 Å². The number of Topliss-reactive ketones (excluding diaryl/α,β-unsaturated/α-hetero) is 1. The predicted molar refractivity (Wildman–Crippen MR) is 85.3 cm³/mol. The Bertz CT molecular complexity index is 660. The zero-order chi connectivity index (χ0) is 14.1. The van der Waals surface area contributed by atoms with Crippen molar-refractivity contribution in [1.29, 1.82) is 0 Å². The number of carbonyl (C=O) groups is 1. The first-order valence-electron chi connectivity index (χ1n) is 7.05. The molecule has 0 amide bonds. The van der Waals surface area contributed by atoms with Gasteiger partial charge in [0.05, 0.1) is 0 Å². The molecule has 102 valence electrons. The summed E-state index contributed by atoms with van der Waals surface area (Å²) >= 11 is 3.57. The van der Waals surface area contributed by atoms with Gasteiger partial charge < -0.3 is 0 Å². The van der Waals surface area contributed by atoms with Gasteiger partial charge in [0.15, 0.2) is 5.78 Å². The van der Waals surface area contributed by atoms with E-state index in [1.165, 1.54) is 11.1 Å². The first-order chi connectivity index (χ1) is 9.68. The summed E-state index contributed by atoms with van der Waals surface area (Å²) in [6.45, 7) is 2.02. The number of fused-ring (bicyclic) bond motifs is 1. The van der Waals surface area contributed by atoms with Crippen molar-refractivity contribution >= 4 is 21.7 Å². The highest BCUT2D eigenvalue weighted by atomic mass is 79.9. The molecule has 1 nitrogen and oxygen atoms in total. The minimum Gasteiger partial charge on any atom is -0.293 e. The molecular weight excluding hydrogens is 312 g/mol. The van der Waals surface area contributed by atoms with Crippen molar-refractivity contribution in [3.05, 3.63) is 69.2 Å². The summed E-state index contributed by atoms with van der Waals surface area (Å²) < 4.78 is 0.938. The van der Waals surface area contributed by atoms with Crippen molar-refractivity contribution in [3.8, 4) is 0 Å². The summed E-state index contributed by atoms with van der Waals surface area (Å²) in [4.78, 5) is 12.9. The molecule has 2 aromatic carbocycles. The zero-order valence-corrected chi connectivity index (χ0v) is 13.1. The lowest BCUT2D eigenvalue weighted by Crippen LogP contribution is -2.19. The van der Waals surface area contributed by atoms with E-state index >= 15 is 0 Å². The Morgan fingerprint density at radius 2 is 1.95 bits per heavy atom. The van der Waals surface area contributed by atoms with Gasteiger partial charge in [0.2, 0.25) is 0 Å². The molecule has 0 N–H and O–H groups in total. The summed E-state index contributed by atoms with van der Waals surface area (Å²) in [5, 5.41) is 0. The van der Waals surface area contributed by atoms with Gasteiger partial charge in [-0.2, -0.15) is 0 Å². The van der Waals surface area contributed by atoms with Crippen molar-refractivity contribution in [2.45, 2.75) is 32.1 Å². The Kier molecular flexibility index (Phi) is 3.75. The molecule has 1 aliphatic rings. The Morgan fingerprint density at radius 3 is 2.80 bits per heavy atom. The summed E-state index contributed by atoms with van der Waals surface area (Å²) in [6, 6.07) is 14.3. The van der Waals surface area contributed by atoms with E-state index in [1.807, 2.05) is 31.2 Å². The van der Waals surface area contributed by atoms with E-state index in [9.17, 15) is 4.79 Å². The summed E-state index contributed by atoms with van der Waals surface area (Å²) in [5.74, 6) is 0.255. The molecule has 1 atom stereocenters. The van der Waals surface area contributed by atoms with Gasteiger partial charge in [-0.1, -0.05) is 42.5 Å². The molecule has 3 rings (SSSR count). The molecule has 0 heterocycles. The third-order valence-corrected chi connectivity index (χ3v) is 5.20. The summed E-state index contributed by atoms with van der Waals surface area (Å²) in [6.07, 6.45) is 3.14. The summed E-state index contributed by atoms with van der Waals surface area (Å²) in [5.41, 5.74) is 4.48. The lowest BCUT2D eigenvalue weighted by atomic mass is 9.79. The number of halogens is 1. The number of aryl methyl sites for hydroxylation is 2. The second-order valence-corrected chi connectivity index (χ2v) is 6.24. The minimum absolute atomic E-state index is 0.0121. The van der Waals surface area contributed by atoms with Crippen LogP contribution in [0.15, 0.2) is 46.9 Å². The van der Waals surface area contributed by atoms with E-state index in [0.29, 0.717) is 0 Å². The van der Waals surface area contributed by atoms with Crippen LogP contribution in [0.25, 0.3) is 0 Å². The maximum Gasteiger partial charge on any atom is 0.171 e. The number of hydrogen-bond acceptors (Lipinski definition) is 1. The second-order valence-electron chi connectivity index (χ2n) is 5.44. The molecule has 0 saturated carbocycles. The topological polar surface area (TPSA) is 17.1 Å². The van der Waals surface area contributed by atoms with Crippen molar-refractivity contribution in [2.75, 3.05) is 0 Å². The third-order valence-electron chi connectivity index (χ3n) is 4.14. The largest absolute Gasteiger partial charge is 0.293 e. The fraction of sp³-hybridized carbons (Fsp3) is 0.278. The van der Waals surface area contributed by atoms with Gasteiger partial charge in [0.1, 0.15) is 0 Å². The van der Waals surface area contributed by atoms with E-state index in [1.54, 1.807) is 0 Å². The maximum atomic E-state index is 12.9. The predicted octanol–water partition coefficient (Wildman–Crippen LogP) is 5.06. The Labute approximate surface area is 128 Å². The number of rotatable bonds is 2. The number of carbonyl (C=O) groups excluding carboxylic acids is 1. The van der Waals surface area contributed by atoms with E-state index in [-0.39, 0.29) is 11.7 Å². The molecule has 1 aliphatic carbocycles. The molecular formula is C18H17BrO. The van der Waals surface area contributed by atoms with Crippen LogP contribution in [0.4, 0.5) is 0 Å². The molecule has 0 spiro atoms. The molecule has 1 unspecified atom stereocenters. The lowest BCUT2D eigenvalue weighted by molar-refractivity contribution is 0.0950. The van der Waals surface area contributed by atoms with Crippen molar-refractivity contribution in [2.24, 2.45) is 0 Å². The highest BCUT2D eigenvalue weighted by Gasteiger charge is 2.28. The molecule has 0 bridgehead atoms. The van der Waals surface area contributed by atoms with Gasteiger partial charge in [0.25, 0.3) is 0 Å². The first kappa shape index (κ1) is 13.6. The minimum atomic E-state index is 0.0121. The molecule has 0 radical (unpaired) electrons. The van der Waals surface area contributed by atoms with Gasteiger partial charge in [-0.05, 0) is 58.8 Å². The SMILES string of the molecule is Cc1cccc(C(=O)C2CCCc3ccccc32)c1Br. The van der Waals surface area contributed by atoms with Crippen LogP contribution in [-0.4, -0.2) is 5.78 Å². The standard InChI is InChI=1S/C18H17BrO/c1-12-6-4-11-16(17(12)19)18(20)15-10-5-8-13-7-2-3-9-14(13)15/h2-4,6-7,9,11,15H,5,8,10H2,1H3. The Hall–Kier alpha value is -1.41. The van der Waals surface area contributed by atoms with Gasteiger partial charge in [-0.3, -0.25) is 4.79 Å². The monoisotopic (exact) mass is 328 g/mol. The van der Waals surface area contributed by atoms with Crippen LogP contribution in [0.3, 0.4) is 0 Å². The highest BCUT2D eigenvalue weighted by molar-refractivity contribution is 9.10. The lowest BCUT2D eigenvalue weighted by Gasteiger charge is -2.25. The average Bonchev–Trinajstić information content (AvgIpc) is 2.49. The van der Waals surface area contributed by atoms with Gasteiger partial charge in [0, 0.05) is 16.0 Å². The first-order valence-corrected chi connectivity index (χ1v) is 7.85. The molecule has 0 fully saturated rings. The van der Waals surface area contributed by atoms with Crippen LogP contribution in [0.1, 0.15) is 45.8 Å². The van der Waals surface area contributed by atoms with Crippen LogP contribution in [-0.2, 0) is 6.42 Å². The fourth-order valence-corrected chi connectivity index (χ4v) is 3.51. The third kappa shape index (κ3) is 2.33. The molecule has 2 aromatic rings. The van der Waals surface area contributed by atoms with E-state index < -0.39 is 0 Å². The van der Waals surface area contributed by atoms with E-state index in [4.69, 9.17) is 0 Å². The van der Waals surface area contributed by atoms with Gasteiger partial charge >= 0.3 is 0 Å². The Morgan fingerprint density at radius 1 is 1.15 bits per heavy atom. The van der Waals surface area contributed by atoms with E-state index in [0.717, 1.165) is 34.9 Å². The Balaban J connectivity index is 2.02. The van der Waals surface area contributed by atoms with Crippen molar-refractivity contribution < 1.29 is 4.79 Å². The van der Waals surface area contributed by atoms with Crippen molar-refractivity contribution in [1.82, 2.24) is 0 Å². The molecule has 20 heavy (non-hydrogen) atoms. The normalized spacial score (nSPS) is 17.6. The van der Waals surface area contributed by atoms with Crippen LogP contribution < -0.4 is 0 Å². The number of benzene rings is 2. The molecule has 0 aromatic heterocycles. The smallest absolute Gasteiger partial charge is 0.171 e. The quantitative estimate of drug-likeness (QED) is 0.704. The fourth-order valence-electron chi connectivity index (χ4n) is 3.05. The van der Waals surface area contributed by atoms with Crippen LogP contribution in [0, 0.1) is 6.92 Å². The molecule has 0 saturated heterocycles. The maximum absolute atomic E-state index is 12.9. The second kappa shape index (κ2) is 5.53. The number of hydrogen-bond donors (Lipinski definition) is 0. The van der Waals surface area contributed by atoms with Gasteiger partial charge in [-0.25, -0.2) is 0 Å².